The Labute approximate surface area is 118 Å². The molecule has 2 aromatic heterocycles. The smallest absolute Gasteiger partial charge is 0.263 e. The molecule has 3 aromatic rings. The highest BCUT2D eigenvalue weighted by molar-refractivity contribution is 7.99. The first-order valence-corrected chi connectivity index (χ1v) is 6.54. The molecular weight excluding hydrogens is 276 g/mol. The highest BCUT2D eigenvalue weighted by Crippen LogP contribution is 2.30. The van der Waals surface area contributed by atoms with Gasteiger partial charge in [-0.1, -0.05) is 0 Å². The molecule has 0 aliphatic heterocycles. The van der Waals surface area contributed by atoms with Crippen molar-refractivity contribution in [3.05, 3.63) is 42.1 Å². The molecule has 3 rings (SSSR count). The van der Waals surface area contributed by atoms with Crippen molar-refractivity contribution in [3.8, 4) is 0 Å². The highest BCUT2D eigenvalue weighted by atomic mass is 32.2. The summed E-state index contributed by atoms with van der Waals surface area (Å²) >= 11 is 1.14. The molecule has 100 valence electrons. The van der Waals surface area contributed by atoms with Gasteiger partial charge in [0.05, 0.1) is 5.56 Å². The lowest BCUT2D eigenvalue weighted by Gasteiger charge is -2.01. The quantitative estimate of drug-likeness (QED) is 0.713. The van der Waals surface area contributed by atoms with E-state index in [1.807, 2.05) is 0 Å². The van der Waals surface area contributed by atoms with Crippen molar-refractivity contribution in [1.82, 2.24) is 9.97 Å². The van der Waals surface area contributed by atoms with Crippen LogP contribution in [0.3, 0.4) is 0 Å². The van der Waals surface area contributed by atoms with E-state index in [-0.39, 0.29) is 0 Å². The Hall–Kier alpha value is -2.54. The van der Waals surface area contributed by atoms with Crippen molar-refractivity contribution >= 4 is 34.5 Å². The number of oxazole rings is 1. The van der Waals surface area contributed by atoms with Gasteiger partial charge in [-0.05, 0) is 42.1 Å². The predicted octanol–water partition coefficient (Wildman–Crippen LogP) is 2.06. The van der Waals surface area contributed by atoms with Gasteiger partial charge in [-0.2, -0.15) is 0 Å². The van der Waals surface area contributed by atoms with Gasteiger partial charge in [0.1, 0.15) is 10.5 Å². The van der Waals surface area contributed by atoms with Gasteiger partial charge < -0.3 is 15.9 Å². The molecule has 1 amide bonds. The van der Waals surface area contributed by atoms with E-state index in [1.54, 1.807) is 36.5 Å². The fraction of sp³-hybridized carbons (Fsp3) is 0. The second-order valence-corrected chi connectivity index (χ2v) is 4.97. The van der Waals surface area contributed by atoms with Crippen LogP contribution in [-0.2, 0) is 0 Å². The fourth-order valence-electron chi connectivity index (χ4n) is 1.71. The Morgan fingerprint density at radius 2 is 2.15 bits per heavy atom. The Balaban J connectivity index is 1.99. The number of benzene rings is 1. The molecule has 0 aliphatic carbocycles. The van der Waals surface area contributed by atoms with Crippen molar-refractivity contribution in [1.29, 1.82) is 0 Å². The highest BCUT2D eigenvalue weighted by Gasteiger charge is 2.14. The number of carbonyl (C=O) groups excluding carboxylic acids is 1. The van der Waals surface area contributed by atoms with Crippen LogP contribution in [0.15, 0.2) is 51.2 Å². The van der Waals surface area contributed by atoms with Crippen molar-refractivity contribution < 1.29 is 9.21 Å². The maximum absolute atomic E-state index is 11.3. The third-order valence-corrected chi connectivity index (χ3v) is 3.48. The Morgan fingerprint density at radius 3 is 2.95 bits per heavy atom. The van der Waals surface area contributed by atoms with Crippen LogP contribution in [0.5, 0.6) is 0 Å². The van der Waals surface area contributed by atoms with Crippen molar-refractivity contribution in [2.24, 2.45) is 5.73 Å². The largest absolute Gasteiger partial charge is 0.431 e. The summed E-state index contributed by atoms with van der Waals surface area (Å²) in [5, 5.41) is 0.839. The second-order valence-electron chi connectivity index (χ2n) is 4.03. The van der Waals surface area contributed by atoms with Crippen LogP contribution in [0.2, 0.25) is 0 Å². The number of primary amides is 1. The zero-order valence-corrected chi connectivity index (χ0v) is 11.1. The summed E-state index contributed by atoms with van der Waals surface area (Å²) in [5.41, 5.74) is 13.2. The first-order valence-electron chi connectivity index (χ1n) is 5.72. The standard InChI is InChI=1S/C13H10N4O2S/c14-7-3-4-10-9(6-7)17-13(19-10)20-12-8(11(15)18)2-1-5-16-12/h1-6H,14H2,(H2,15,18). The summed E-state index contributed by atoms with van der Waals surface area (Å²) < 4.78 is 5.57. The molecule has 0 radical (unpaired) electrons. The van der Waals surface area contributed by atoms with Gasteiger partial charge in [0.25, 0.3) is 11.1 Å². The monoisotopic (exact) mass is 286 g/mol. The number of pyridine rings is 1. The van der Waals surface area contributed by atoms with Crippen LogP contribution in [0.25, 0.3) is 11.1 Å². The van der Waals surface area contributed by atoms with E-state index >= 15 is 0 Å². The molecule has 0 spiro atoms. The predicted molar refractivity (Wildman–Crippen MR) is 75.3 cm³/mol. The van der Waals surface area contributed by atoms with E-state index in [9.17, 15) is 4.79 Å². The van der Waals surface area contributed by atoms with Gasteiger partial charge >= 0.3 is 0 Å². The molecule has 6 nitrogen and oxygen atoms in total. The van der Waals surface area contributed by atoms with Gasteiger partial charge in [0, 0.05) is 11.9 Å². The topological polar surface area (TPSA) is 108 Å². The summed E-state index contributed by atoms with van der Waals surface area (Å²) in [6.07, 6.45) is 1.58. The van der Waals surface area contributed by atoms with Crippen molar-refractivity contribution in [3.63, 3.8) is 0 Å². The summed E-state index contributed by atoms with van der Waals surface area (Å²) in [4.78, 5) is 19.7. The van der Waals surface area contributed by atoms with Gasteiger partial charge in [0.15, 0.2) is 5.58 Å². The SMILES string of the molecule is NC(=O)c1cccnc1Sc1nc2cc(N)ccc2o1. The van der Waals surface area contributed by atoms with Crippen LogP contribution in [-0.4, -0.2) is 15.9 Å². The molecule has 0 saturated heterocycles. The normalized spacial score (nSPS) is 10.8. The minimum absolute atomic E-state index is 0.333. The third kappa shape index (κ3) is 2.30. The summed E-state index contributed by atoms with van der Waals surface area (Å²) in [5.74, 6) is -0.541. The molecule has 4 N–H and O–H groups in total. The number of nitrogens with zero attached hydrogens (tertiary/aromatic N) is 2. The number of nitrogens with two attached hydrogens (primary N) is 2. The van der Waals surface area contributed by atoms with Gasteiger partial charge in [-0.25, -0.2) is 9.97 Å². The van der Waals surface area contributed by atoms with E-state index in [0.717, 1.165) is 11.8 Å². The number of amides is 1. The van der Waals surface area contributed by atoms with Gasteiger partial charge in [0.2, 0.25) is 0 Å². The van der Waals surface area contributed by atoms with Crippen LogP contribution in [0.4, 0.5) is 5.69 Å². The number of aromatic nitrogens is 2. The number of hydrogen-bond acceptors (Lipinski definition) is 6. The number of carbonyl (C=O) groups is 1. The average Bonchev–Trinajstić information content (AvgIpc) is 2.80. The van der Waals surface area contributed by atoms with Crippen LogP contribution in [0, 0.1) is 0 Å². The number of fused-ring (bicyclic) bond motifs is 1. The number of hydrogen-bond donors (Lipinski definition) is 2. The summed E-state index contributed by atoms with van der Waals surface area (Å²) in [6.45, 7) is 0. The Bertz CT molecular complexity index is 800. The molecule has 1 aromatic carbocycles. The van der Waals surface area contributed by atoms with E-state index in [0.29, 0.717) is 32.6 Å². The van der Waals surface area contributed by atoms with Crippen LogP contribution >= 0.6 is 11.8 Å². The van der Waals surface area contributed by atoms with Crippen molar-refractivity contribution in [2.75, 3.05) is 5.73 Å². The first-order chi connectivity index (χ1) is 9.63. The first kappa shape index (κ1) is 12.5. The van der Waals surface area contributed by atoms with E-state index in [2.05, 4.69) is 9.97 Å². The van der Waals surface area contributed by atoms with E-state index in [1.165, 1.54) is 0 Å². The minimum atomic E-state index is -0.541. The molecule has 7 heteroatoms. The number of anilines is 1. The van der Waals surface area contributed by atoms with E-state index in [4.69, 9.17) is 15.9 Å². The van der Waals surface area contributed by atoms with Gasteiger partial charge in [-0.3, -0.25) is 4.79 Å². The Morgan fingerprint density at radius 1 is 1.30 bits per heavy atom. The lowest BCUT2D eigenvalue weighted by Crippen LogP contribution is -2.12. The lowest BCUT2D eigenvalue weighted by molar-refractivity contribution is 0.0997. The fourth-order valence-corrected chi connectivity index (χ4v) is 2.54. The molecule has 0 atom stereocenters. The van der Waals surface area contributed by atoms with Crippen molar-refractivity contribution in [2.45, 2.75) is 10.2 Å². The number of rotatable bonds is 3. The third-order valence-electron chi connectivity index (χ3n) is 2.61. The lowest BCUT2D eigenvalue weighted by atomic mass is 10.3. The summed E-state index contributed by atoms with van der Waals surface area (Å²) in [6, 6.07) is 8.46. The molecule has 2 heterocycles. The van der Waals surface area contributed by atoms with E-state index < -0.39 is 5.91 Å². The number of nitrogen functional groups attached to an aromatic ring is 1. The second kappa shape index (κ2) is 4.86. The molecule has 0 saturated carbocycles. The van der Waals surface area contributed by atoms with Gasteiger partial charge in [-0.15, -0.1) is 0 Å². The zero-order valence-electron chi connectivity index (χ0n) is 10.2. The van der Waals surface area contributed by atoms with Crippen LogP contribution < -0.4 is 11.5 Å². The molecule has 0 unspecified atom stereocenters. The molecular formula is C13H10N4O2S. The zero-order chi connectivity index (χ0) is 14.1. The Kier molecular flexibility index (Phi) is 3.03. The molecule has 0 bridgehead atoms. The molecule has 20 heavy (non-hydrogen) atoms. The van der Waals surface area contributed by atoms with Crippen LogP contribution in [0.1, 0.15) is 10.4 Å². The maximum atomic E-state index is 11.3. The minimum Gasteiger partial charge on any atom is -0.431 e. The molecule has 0 aliphatic rings. The molecule has 0 fully saturated rings. The average molecular weight is 286 g/mol. The maximum Gasteiger partial charge on any atom is 0.263 e. The summed E-state index contributed by atoms with van der Waals surface area (Å²) in [7, 11) is 0.